The average Bonchev–Trinajstić information content (AvgIpc) is 2.83. The summed E-state index contributed by atoms with van der Waals surface area (Å²) in [6, 6.07) is 5.80. The first kappa shape index (κ1) is 13.7. The first-order valence-electron chi connectivity index (χ1n) is 7.18. The van der Waals surface area contributed by atoms with Crippen LogP contribution in [-0.4, -0.2) is 23.1 Å². The summed E-state index contributed by atoms with van der Waals surface area (Å²) in [5, 5.41) is 0. The van der Waals surface area contributed by atoms with Gasteiger partial charge in [-0.15, -0.1) is 0 Å². The van der Waals surface area contributed by atoms with E-state index in [4.69, 9.17) is 5.73 Å². The number of imidazole rings is 1. The maximum Gasteiger partial charge on any atom is 0.203 e. The van der Waals surface area contributed by atoms with Gasteiger partial charge in [0.05, 0.1) is 11.0 Å². The molecule has 0 aliphatic rings. The van der Waals surface area contributed by atoms with E-state index < -0.39 is 0 Å². The van der Waals surface area contributed by atoms with Gasteiger partial charge in [0.15, 0.2) is 0 Å². The van der Waals surface area contributed by atoms with Gasteiger partial charge in [0.2, 0.25) is 5.95 Å². The molecular weight excluding hydrogens is 236 g/mol. The smallest absolute Gasteiger partial charge is 0.203 e. The molecule has 2 rings (SSSR count). The lowest BCUT2D eigenvalue weighted by molar-refractivity contribution is 0.483. The lowest BCUT2D eigenvalue weighted by Gasteiger charge is -2.24. The molecule has 0 aliphatic heterocycles. The number of aromatic amines is 1. The van der Waals surface area contributed by atoms with Crippen LogP contribution in [0.1, 0.15) is 33.6 Å². The van der Waals surface area contributed by atoms with E-state index in [1.165, 1.54) is 12.8 Å². The number of benzene rings is 1. The molecule has 0 bridgehead atoms. The Labute approximate surface area is 115 Å². The van der Waals surface area contributed by atoms with Gasteiger partial charge >= 0.3 is 0 Å². The minimum absolute atomic E-state index is 0.721. The molecule has 0 atom stereocenters. The summed E-state index contributed by atoms with van der Waals surface area (Å²) in [7, 11) is 0. The highest BCUT2D eigenvalue weighted by molar-refractivity contribution is 5.80. The second-order valence-corrected chi connectivity index (χ2v) is 5.06. The van der Waals surface area contributed by atoms with Gasteiger partial charge in [-0.3, -0.25) is 0 Å². The van der Waals surface area contributed by atoms with Crippen molar-refractivity contribution < 1.29 is 0 Å². The number of hydrogen-bond donors (Lipinski definition) is 2. The third-order valence-corrected chi connectivity index (χ3v) is 3.81. The number of nitrogens with one attached hydrogen (secondary N) is 1. The van der Waals surface area contributed by atoms with Crippen LogP contribution in [-0.2, 0) is 0 Å². The van der Waals surface area contributed by atoms with Crippen molar-refractivity contribution >= 4 is 22.7 Å². The van der Waals surface area contributed by atoms with E-state index in [0.29, 0.717) is 0 Å². The number of aromatic nitrogens is 2. The number of anilines is 2. The predicted molar refractivity (Wildman–Crippen MR) is 82.5 cm³/mol. The van der Waals surface area contributed by atoms with E-state index in [2.05, 4.69) is 35.6 Å². The summed E-state index contributed by atoms with van der Waals surface area (Å²) in [4.78, 5) is 10.4. The predicted octanol–water partition coefficient (Wildman–Crippen LogP) is 3.41. The van der Waals surface area contributed by atoms with Gasteiger partial charge in [0.1, 0.15) is 0 Å². The quantitative estimate of drug-likeness (QED) is 0.783. The monoisotopic (exact) mass is 260 g/mol. The summed E-state index contributed by atoms with van der Waals surface area (Å²) >= 11 is 0. The van der Waals surface area contributed by atoms with Crippen molar-refractivity contribution in [1.29, 1.82) is 0 Å². The van der Waals surface area contributed by atoms with E-state index in [1.807, 2.05) is 18.2 Å². The molecule has 4 heteroatoms. The van der Waals surface area contributed by atoms with Crippen LogP contribution in [0.25, 0.3) is 11.0 Å². The molecule has 1 aromatic carbocycles. The molecule has 104 valence electrons. The highest BCUT2D eigenvalue weighted by Gasteiger charge is 2.14. The van der Waals surface area contributed by atoms with Crippen molar-refractivity contribution in [3.05, 3.63) is 18.2 Å². The van der Waals surface area contributed by atoms with Crippen LogP contribution in [0.2, 0.25) is 0 Å². The standard InChI is InChI=1S/C15H24N4/c1-4-11(5-2)10-19(6-3)15-17-13-8-7-12(16)9-14(13)18-15/h7-9,11H,4-6,10,16H2,1-3H3,(H,17,18). The molecule has 3 N–H and O–H groups in total. The van der Waals surface area contributed by atoms with Gasteiger partial charge in [0, 0.05) is 18.8 Å². The van der Waals surface area contributed by atoms with Crippen LogP contribution < -0.4 is 10.6 Å². The highest BCUT2D eigenvalue weighted by Crippen LogP contribution is 2.21. The molecule has 0 spiro atoms. The molecule has 0 radical (unpaired) electrons. The Balaban J connectivity index is 2.25. The number of nitrogen functional groups attached to an aromatic ring is 1. The Morgan fingerprint density at radius 1 is 1.26 bits per heavy atom. The molecule has 19 heavy (non-hydrogen) atoms. The van der Waals surface area contributed by atoms with Crippen LogP contribution in [0.15, 0.2) is 18.2 Å². The number of rotatable bonds is 6. The van der Waals surface area contributed by atoms with E-state index in [1.54, 1.807) is 0 Å². The van der Waals surface area contributed by atoms with Crippen molar-refractivity contribution in [3.8, 4) is 0 Å². The van der Waals surface area contributed by atoms with Gasteiger partial charge in [-0.25, -0.2) is 4.98 Å². The largest absolute Gasteiger partial charge is 0.399 e. The molecule has 2 aromatic rings. The number of hydrogen-bond acceptors (Lipinski definition) is 3. The fourth-order valence-corrected chi connectivity index (χ4v) is 2.39. The molecule has 0 unspecified atom stereocenters. The zero-order valence-corrected chi connectivity index (χ0v) is 12.1. The maximum atomic E-state index is 5.80. The first-order valence-corrected chi connectivity index (χ1v) is 7.18. The van der Waals surface area contributed by atoms with Gasteiger partial charge in [-0.1, -0.05) is 26.7 Å². The summed E-state index contributed by atoms with van der Waals surface area (Å²) in [6.45, 7) is 8.69. The summed E-state index contributed by atoms with van der Waals surface area (Å²) in [5.41, 5.74) is 8.56. The third-order valence-electron chi connectivity index (χ3n) is 3.81. The van der Waals surface area contributed by atoms with E-state index in [-0.39, 0.29) is 0 Å². The topological polar surface area (TPSA) is 57.9 Å². The molecule has 0 fully saturated rings. The lowest BCUT2D eigenvalue weighted by Crippen LogP contribution is -2.29. The summed E-state index contributed by atoms with van der Waals surface area (Å²) in [5.74, 6) is 1.67. The van der Waals surface area contributed by atoms with Crippen LogP contribution in [0.4, 0.5) is 11.6 Å². The van der Waals surface area contributed by atoms with Gasteiger partial charge in [-0.05, 0) is 31.0 Å². The fraction of sp³-hybridized carbons (Fsp3) is 0.533. The molecule has 0 saturated heterocycles. The Bertz CT molecular complexity index is 528. The zero-order valence-electron chi connectivity index (χ0n) is 12.1. The fourth-order valence-electron chi connectivity index (χ4n) is 2.39. The molecular formula is C15H24N4. The number of H-pyrrole nitrogens is 1. The molecule has 0 saturated carbocycles. The number of nitrogens with zero attached hydrogens (tertiary/aromatic N) is 2. The Hall–Kier alpha value is -1.71. The van der Waals surface area contributed by atoms with E-state index >= 15 is 0 Å². The number of nitrogens with two attached hydrogens (primary N) is 1. The van der Waals surface area contributed by atoms with Crippen molar-refractivity contribution in [2.75, 3.05) is 23.7 Å². The summed E-state index contributed by atoms with van der Waals surface area (Å²) in [6.07, 6.45) is 2.42. The van der Waals surface area contributed by atoms with Gasteiger partial charge in [-0.2, -0.15) is 0 Å². The normalized spacial score (nSPS) is 11.4. The Morgan fingerprint density at radius 3 is 2.63 bits per heavy atom. The summed E-state index contributed by atoms with van der Waals surface area (Å²) < 4.78 is 0. The van der Waals surface area contributed by atoms with Crippen LogP contribution in [0.5, 0.6) is 0 Å². The molecule has 1 aromatic heterocycles. The SMILES string of the molecule is CCC(CC)CN(CC)c1nc2ccc(N)cc2[nH]1. The van der Waals surface area contributed by atoms with Crippen LogP contribution >= 0.6 is 0 Å². The van der Waals surface area contributed by atoms with Crippen LogP contribution in [0.3, 0.4) is 0 Å². The van der Waals surface area contributed by atoms with Gasteiger partial charge < -0.3 is 15.6 Å². The second kappa shape index (κ2) is 5.95. The second-order valence-electron chi connectivity index (χ2n) is 5.06. The first-order chi connectivity index (χ1) is 9.17. The molecule has 1 heterocycles. The molecule has 4 nitrogen and oxygen atoms in total. The molecule has 0 aliphatic carbocycles. The van der Waals surface area contributed by atoms with Gasteiger partial charge in [0.25, 0.3) is 0 Å². The lowest BCUT2D eigenvalue weighted by atomic mass is 10.0. The third kappa shape index (κ3) is 3.00. The van der Waals surface area contributed by atoms with Crippen molar-refractivity contribution in [1.82, 2.24) is 9.97 Å². The maximum absolute atomic E-state index is 5.80. The average molecular weight is 260 g/mol. The van der Waals surface area contributed by atoms with Crippen molar-refractivity contribution in [3.63, 3.8) is 0 Å². The molecule has 0 amide bonds. The van der Waals surface area contributed by atoms with Crippen molar-refractivity contribution in [2.45, 2.75) is 33.6 Å². The van der Waals surface area contributed by atoms with E-state index in [0.717, 1.165) is 41.7 Å². The Kier molecular flexibility index (Phi) is 4.30. The highest BCUT2D eigenvalue weighted by atomic mass is 15.3. The van der Waals surface area contributed by atoms with Crippen LogP contribution in [0, 0.1) is 5.92 Å². The van der Waals surface area contributed by atoms with E-state index in [9.17, 15) is 0 Å². The Morgan fingerprint density at radius 2 is 2.00 bits per heavy atom. The number of fused-ring (bicyclic) bond motifs is 1. The van der Waals surface area contributed by atoms with Crippen molar-refractivity contribution in [2.24, 2.45) is 5.92 Å². The minimum atomic E-state index is 0.721. The minimum Gasteiger partial charge on any atom is -0.399 e. The zero-order chi connectivity index (χ0) is 13.8.